The van der Waals surface area contributed by atoms with Gasteiger partial charge in [-0.25, -0.2) is 5.43 Å². The molecule has 0 aliphatic carbocycles. The maximum Gasteiger partial charge on any atom is 0.271 e. The van der Waals surface area contributed by atoms with Gasteiger partial charge in [-0.3, -0.25) is 10.1 Å². The minimum Gasteiger partial charge on any atom is -0.507 e. The fraction of sp³-hybridized carbons (Fsp3) is 0.200. The molecule has 0 saturated carbocycles. The Labute approximate surface area is 196 Å². The number of nitro benzene ring substituents is 1. The van der Waals surface area contributed by atoms with Gasteiger partial charge in [-0.15, -0.1) is 0 Å². The van der Waals surface area contributed by atoms with Gasteiger partial charge < -0.3 is 20.1 Å². The van der Waals surface area contributed by atoms with Gasteiger partial charge in [0.1, 0.15) is 5.75 Å². The zero-order chi connectivity index (χ0) is 23.2. The normalized spacial score (nSPS) is 13.8. The molecule has 13 heteroatoms. The molecule has 12 nitrogen and oxygen atoms in total. The maximum absolute atomic E-state index is 11.1. The average Bonchev–Trinajstić information content (AvgIpc) is 2.82. The highest BCUT2D eigenvalue weighted by Crippen LogP contribution is 2.23. The first kappa shape index (κ1) is 22.4. The second kappa shape index (κ2) is 10.2. The van der Waals surface area contributed by atoms with E-state index in [0.717, 1.165) is 4.47 Å². The Morgan fingerprint density at radius 2 is 1.94 bits per heavy atom. The van der Waals surface area contributed by atoms with Crippen LogP contribution in [0.5, 0.6) is 5.75 Å². The van der Waals surface area contributed by atoms with Crippen molar-refractivity contribution in [2.24, 2.45) is 5.10 Å². The molecule has 0 unspecified atom stereocenters. The first-order valence-electron chi connectivity index (χ1n) is 9.86. The lowest BCUT2D eigenvalue weighted by atomic mass is 10.2. The Kier molecular flexibility index (Phi) is 6.90. The Bertz CT molecular complexity index is 1190. The molecule has 3 aromatic rings. The van der Waals surface area contributed by atoms with E-state index in [1.807, 2.05) is 4.90 Å². The Balaban J connectivity index is 1.60. The minimum atomic E-state index is -0.475. The van der Waals surface area contributed by atoms with Crippen LogP contribution in [0.2, 0.25) is 0 Å². The summed E-state index contributed by atoms with van der Waals surface area (Å²) in [7, 11) is 0. The van der Waals surface area contributed by atoms with Gasteiger partial charge in [0.05, 0.1) is 24.4 Å². The molecule has 1 fully saturated rings. The number of phenolic OH excluding ortho intramolecular Hbond substituents is 1. The van der Waals surface area contributed by atoms with Crippen molar-refractivity contribution < 1.29 is 14.8 Å². The molecular weight excluding hydrogens is 496 g/mol. The average molecular weight is 515 g/mol. The van der Waals surface area contributed by atoms with Crippen LogP contribution < -0.4 is 15.6 Å². The molecule has 1 aliphatic heterocycles. The van der Waals surface area contributed by atoms with Crippen LogP contribution in [0.4, 0.5) is 29.2 Å². The number of nitro groups is 1. The number of anilines is 4. The van der Waals surface area contributed by atoms with Gasteiger partial charge in [0.15, 0.2) is 0 Å². The molecule has 1 aliphatic rings. The van der Waals surface area contributed by atoms with Crippen molar-refractivity contribution in [3.8, 4) is 5.75 Å². The number of hydrogen-bond acceptors (Lipinski definition) is 11. The summed E-state index contributed by atoms with van der Waals surface area (Å²) < 4.78 is 6.18. The van der Waals surface area contributed by atoms with Gasteiger partial charge in [0, 0.05) is 40.9 Å². The number of benzene rings is 2. The SMILES string of the molecule is O=[N+]([O-])c1cccc(Nc2nc(N/N=C\c3cc(Br)ccc3O)nc(N3CCOCC3)n2)c1. The molecule has 0 amide bonds. The fourth-order valence-electron chi connectivity index (χ4n) is 2.99. The lowest BCUT2D eigenvalue weighted by molar-refractivity contribution is -0.384. The smallest absolute Gasteiger partial charge is 0.271 e. The van der Waals surface area contributed by atoms with E-state index in [-0.39, 0.29) is 23.3 Å². The number of halogens is 1. The molecule has 0 atom stereocenters. The van der Waals surface area contributed by atoms with Gasteiger partial charge in [-0.05, 0) is 24.3 Å². The van der Waals surface area contributed by atoms with E-state index < -0.39 is 4.92 Å². The highest BCUT2D eigenvalue weighted by atomic mass is 79.9. The van der Waals surface area contributed by atoms with E-state index in [0.29, 0.717) is 43.5 Å². The number of non-ortho nitro benzene ring substituents is 1. The number of hydrogen-bond donors (Lipinski definition) is 3. The highest BCUT2D eigenvalue weighted by Gasteiger charge is 2.17. The van der Waals surface area contributed by atoms with Crippen LogP contribution in [0, 0.1) is 10.1 Å². The summed E-state index contributed by atoms with van der Waals surface area (Å²) in [5.74, 6) is 0.825. The van der Waals surface area contributed by atoms with Crippen LogP contribution in [0.25, 0.3) is 0 Å². The van der Waals surface area contributed by atoms with E-state index in [1.165, 1.54) is 18.3 Å². The van der Waals surface area contributed by atoms with Crippen LogP contribution in [0.1, 0.15) is 5.56 Å². The first-order chi connectivity index (χ1) is 16.0. The van der Waals surface area contributed by atoms with E-state index in [9.17, 15) is 15.2 Å². The van der Waals surface area contributed by atoms with Crippen molar-refractivity contribution in [2.45, 2.75) is 0 Å². The van der Waals surface area contributed by atoms with Gasteiger partial charge in [0.25, 0.3) is 5.69 Å². The minimum absolute atomic E-state index is 0.0563. The number of ether oxygens (including phenoxy) is 1. The van der Waals surface area contributed by atoms with Crippen LogP contribution in [0.3, 0.4) is 0 Å². The molecule has 0 radical (unpaired) electrons. The van der Waals surface area contributed by atoms with E-state index in [1.54, 1.807) is 30.3 Å². The van der Waals surface area contributed by atoms with Gasteiger partial charge in [-0.1, -0.05) is 22.0 Å². The largest absolute Gasteiger partial charge is 0.507 e. The summed E-state index contributed by atoms with van der Waals surface area (Å²) in [6.45, 7) is 2.30. The predicted molar refractivity (Wildman–Crippen MR) is 126 cm³/mol. The van der Waals surface area contributed by atoms with Gasteiger partial charge in [0.2, 0.25) is 17.8 Å². The molecule has 2 heterocycles. The number of nitrogens with one attached hydrogen (secondary N) is 2. The molecule has 1 saturated heterocycles. The lowest BCUT2D eigenvalue weighted by Crippen LogP contribution is -2.37. The monoisotopic (exact) mass is 514 g/mol. The molecule has 1 aromatic heterocycles. The maximum atomic E-state index is 11.1. The van der Waals surface area contributed by atoms with Crippen molar-refractivity contribution in [3.05, 3.63) is 62.6 Å². The predicted octanol–water partition coefficient (Wildman–Crippen LogP) is 3.27. The van der Waals surface area contributed by atoms with E-state index in [2.05, 4.69) is 46.7 Å². The zero-order valence-corrected chi connectivity index (χ0v) is 18.8. The summed E-state index contributed by atoms with van der Waals surface area (Å²) in [4.78, 5) is 25.7. The molecule has 0 spiro atoms. The fourth-order valence-corrected chi connectivity index (χ4v) is 3.37. The molecule has 3 N–H and O–H groups in total. The molecule has 0 bridgehead atoms. The highest BCUT2D eigenvalue weighted by molar-refractivity contribution is 9.10. The Morgan fingerprint density at radius 3 is 2.73 bits per heavy atom. The number of aromatic hydroxyl groups is 1. The molecule has 4 rings (SSSR count). The molecule has 2 aromatic carbocycles. The van der Waals surface area contributed by atoms with Gasteiger partial charge >= 0.3 is 0 Å². The molecule has 33 heavy (non-hydrogen) atoms. The van der Waals surface area contributed by atoms with Crippen LogP contribution in [0.15, 0.2) is 52.0 Å². The van der Waals surface area contributed by atoms with Crippen LogP contribution in [-0.2, 0) is 4.74 Å². The van der Waals surface area contributed by atoms with Crippen molar-refractivity contribution >= 4 is 51.4 Å². The summed E-state index contributed by atoms with van der Waals surface area (Å²) in [6.07, 6.45) is 1.44. The first-order valence-corrected chi connectivity index (χ1v) is 10.6. The third-order valence-electron chi connectivity index (χ3n) is 4.59. The van der Waals surface area contributed by atoms with Gasteiger partial charge in [-0.2, -0.15) is 20.1 Å². The third kappa shape index (κ3) is 5.90. The number of hydrazone groups is 1. The van der Waals surface area contributed by atoms with Crippen molar-refractivity contribution in [3.63, 3.8) is 0 Å². The second-order valence-electron chi connectivity index (χ2n) is 6.89. The third-order valence-corrected chi connectivity index (χ3v) is 5.08. The number of phenols is 1. The van der Waals surface area contributed by atoms with Crippen LogP contribution >= 0.6 is 15.9 Å². The lowest BCUT2D eigenvalue weighted by Gasteiger charge is -2.27. The Morgan fingerprint density at radius 1 is 1.15 bits per heavy atom. The van der Waals surface area contributed by atoms with E-state index >= 15 is 0 Å². The number of aromatic nitrogens is 3. The summed E-state index contributed by atoms with van der Waals surface area (Å²) in [6, 6.07) is 11.0. The zero-order valence-electron chi connectivity index (χ0n) is 17.2. The number of morpholine rings is 1. The van der Waals surface area contributed by atoms with Crippen LogP contribution in [-0.4, -0.2) is 57.5 Å². The van der Waals surface area contributed by atoms with Crippen molar-refractivity contribution in [2.75, 3.05) is 41.9 Å². The summed E-state index contributed by atoms with van der Waals surface area (Å²) in [5, 5.41) is 28.1. The number of rotatable bonds is 7. The molecular formula is C20H19BrN8O4. The Hall–Kier alpha value is -3.84. The van der Waals surface area contributed by atoms with E-state index in [4.69, 9.17) is 4.74 Å². The standard InChI is InChI=1S/C20H19BrN8O4/c21-14-4-5-17(30)13(10-14)12-22-27-19-24-18(23-15-2-1-3-16(11-15)29(31)32)25-20(26-19)28-6-8-33-9-7-28/h1-5,10-12,30H,6-9H2,(H2,23,24,25,26,27)/b22-12-. The van der Waals surface area contributed by atoms with Crippen molar-refractivity contribution in [1.82, 2.24) is 15.0 Å². The quantitative estimate of drug-likeness (QED) is 0.243. The summed E-state index contributed by atoms with van der Waals surface area (Å²) >= 11 is 3.35. The summed E-state index contributed by atoms with van der Waals surface area (Å²) in [5.41, 5.74) is 3.64. The topological polar surface area (TPSA) is 151 Å². The second-order valence-corrected chi connectivity index (χ2v) is 7.80. The number of nitrogens with zero attached hydrogens (tertiary/aromatic N) is 6. The van der Waals surface area contributed by atoms with Crippen molar-refractivity contribution in [1.29, 1.82) is 0 Å². The molecule has 170 valence electrons.